The lowest BCUT2D eigenvalue weighted by molar-refractivity contribution is 0.0517. The Morgan fingerprint density at radius 2 is 2.24 bits per heavy atom. The maximum atomic E-state index is 13.0. The standard InChI is InChI=1S/C9H12F3N3O2/c1-2-17-9(16)8-4-13-15(14-8)5-7(12)6(11)3-10/h4,6-7H,2-3,5H2,1H3. The van der Waals surface area contributed by atoms with Gasteiger partial charge in [-0.2, -0.15) is 9.90 Å². The number of ether oxygens (including phenoxy) is 1. The van der Waals surface area contributed by atoms with Crippen LogP contribution in [0.1, 0.15) is 17.4 Å². The predicted octanol–water partition coefficient (Wildman–Crippen LogP) is 1.10. The molecule has 1 heterocycles. The first-order valence-electron chi connectivity index (χ1n) is 4.99. The molecule has 0 spiro atoms. The van der Waals surface area contributed by atoms with E-state index in [9.17, 15) is 18.0 Å². The van der Waals surface area contributed by atoms with Gasteiger partial charge in [0.05, 0.1) is 19.3 Å². The van der Waals surface area contributed by atoms with Gasteiger partial charge in [-0.05, 0) is 6.92 Å². The second kappa shape index (κ2) is 6.21. The second-order valence-corrected chi connectivity index (χ2v) is 3.19. The summed E-state index contributed by atoms with van der Waals surface area (Å²) >= 11 is 0. The van der Waals surface area contributed by atoms with Crippen LogP contribution in [-0.2, 0) is 11.3 Å². The fourth-order valence-electron chi connectivity index (χ4n) is 1.05. The van der Waals surface area contributed by atoms with Gasteiger partial charge < -0.3 is 4.74 Å². The van der Waals surface area contributed by atoms with E-state index in [0.29, 0.717) is 0 Å². The highest BCUT2D eigenvalue weighted by atomic mass is 19.2. The van der Waals surface area contributed by atoms with Gasteiger partial charge in [-0.15, -0.1) is 5.10 Å². The van der Waals surface area contributed by atoms with Crippen LogP contribution in [0.25, 0.3) is 0 Å². The third-order valence-electron chi connectivity index (χ3n) is 1.90. The first-order chi connectivity index (χ1) is 8.08. The third kappa shape index (κ3) is 3.72. The van der Waals surface area contributed by atoms with Gasteiger partial charge in [0, 0.05) is 0 Å². The van der Waals surface area contributed by atoms with Crippen LogP contribution in [0.5, 0.6) is 0 Å². The first-order valence-corrected chi connectivity index (χ1v) is 4.99. The number of rotatable bonds is 6. The Hall–Kier alpha value is -1.60. The minimum absolute atomic E-state index is 0.102. The van der Waals surface area contributed by atoms with Crippen molar-refractivity contribution in [3.63, 3.8) is 0 Å². The Balaban J connectivity index is 2.59. The monoisotopic (exact) mass is 251 g/mol. The van der Waals surface area contributed by atoms with E-state index in [1.165, 1.54) is 0 Å². The second-order valence-electron chi connectivity index (χ2n) is 3.19. The number of halogens is 3. The normalized spacial score (nSPS) is 14.4. The summed E-state index contributed by atoms with van der Waals surface area (Å²) in [6.07, 6.45) is -3.19. The zero-order valence-electron chi connectivity index (χ0n) is 9.15. The SMILES string of the molecule is CCOC(=O)c1cnn(CC(F)C(F)CF)n1. The first kappa shape index (κ1) is 13.5. The van der Waals surface area contributed by atoms with Crippen molar-refractivity contribution in [2.45, 2.75) is 25.8 Å². The van der Waals surface area contributed by atoms with Crippen LogP contribution in [0.15, 0.2) is 6.20 Å². The zero-order chi connectivity index (χ0) is 12.8. The van der Waals surface area contributed by atoms with E-state index in [-0.39, 0.29) is 12.3 Å². The van der Waals surface area contributed by atoms with E-state index in [4.69, 9.17) is 0 Å². The molecule has 1 rings (SSSR count). The molecule has 2 unspecified atom stereocenters. The van der Waals surface area contributed by atoms with Crippen molar-refractivity contribution in [2.24, 2.45) is 0 Å². The molecule has 0 radical (unpaired) electrons. The van der Waals surface area contributed by atoms with Crippen LogP contribution in [-0.4, -0.2) is 46.6 Å². The Kier molecular flexibility index (Phi) is 4.92. The summed E-state index contributed by atoms with van der Waals surface area (Å²) in [6, 6.07) is 0. The summed E-state index contributed by atoms with van der Waals surface area (Å²) in [5.74, 6) is -0.698. The maximum absolute atomic E-state index is 13.0. The average molecular weight is 251 g/mol. The summed E-state index contributed by atoms with van der Waals surface area (Å²) in [5.41, 5.74) is -0.102. The Labute approximate surface area is 95.6 Å². The van der Waals surface area contributed by atoms with E-state index < -0.39 is 31.5 Å². The number of alkyl halides is 3. The van der Waals surface area contributed by atoms with Crippen molar-refractivity contribution in [3.05, 3.63) is 11.9 Å². The van der Waals surface area contributed by atoms with E-state index in [2.05, 4.69) is 14.9 Å². The molecule has 0 N–H and O–H groups in total. The molecule has 0 aliphatic carbocycles. The molecule has 0 bridgehead atoms. The van der Waals surface area contributed by atoms with Gasteiger partial charge in [0.2, 0.25) is 0 Å². The van der Waals surface area contributed by atoms with Gasteiger partial charge in [-0.3, -0.25) is 0 Å². The topological polar surface area (TPSA) is 57.0 Å². The van der Waals surface area contributed by atoms with Crippen LogP contribution in [0, 0.1) is 0 Å². The number of esters is 1. The van der Waals surface area contributed by atoms with Gasteiger partial charge in [-0.1, -0.05) is 0 Å². The molecule has 17 heavy (non-hydrogen) atoms. The van der Waals surface area contributed by atoms with Gasteiger partial charge >= 0.3 is 5.97 Å². The van der Waals surface area contributed by atoms with E-state index >= 15 is 0 Å². The number of carbonyl (C=O) groups excluding carboxylic acids is 1. The van der Waals surface area contributed by atoms with Crippen molar-refractivity contribution in [1.29, 1.82) is 0 Å². The summed E-state index contributed by atoms with van der Waals surface area (Å²) < 4.78 is 42.1. The van der Waals surface area contributed by atoms with Crippen molar-refractivity contribution in [3.8, 4) is 0 Å². The van der Waals surface area contributed by atoms with Crippen LogP contribution >= 0.6 is 0 Å². The highest BCUT2D eigenvalue weighted by molar-refractivity contribution is 5.86. The molecule has 1 aromatic heterocycles. The van der Waals surface area contributed by atoms with Crippen LogP contribution < -0.4 is 0 Å². The molecule has 2 atom stereocenters. The largest absolute Gasteiger partial charge is 0.461 e. The molecule has 0 saturated carbocycles. The van der Waals surface area contributed by atoms with E-state index in [1.807, 2.05) is 0 Å². The lowest BCUT2D eigenvalue weighted by Gasteiger charge is -2.08. The van der Waals surface area contributed by atoms with Crippen LogP contribution in [0.3, 0.4) is 0 Å². The highest BCUT2D eigenvalue weighted by Crippen LogP contribution is 2.07. The molecule has 96 valence electrons. The fraction of sp³-hybridized carbons (Fsp3) is 0.667. The summed E-state index contributed by atoms with van der Waals surface area (Å²) in [6.45, 7) is -0.168. The number of aromatic nitrogens is 3. The quantitative estimate of drug-likeness (QED) is 0.710. The van der Waals surface area contributed by atoms with Crippen molar-refractivity contribution in [1.82, 2.24) is 15.0 Å². The highest BCUT2D eigenvalue weighted by Gasteiger charge is 2.22. The number of hydrogen-bond donors (Lipinski definition) is 0. The molecule has 0 aliphatic rings. The lowest BCUT2D eigenvalue weighted by Crippen LogP contribution is -2.26. The predicted molar refractivity (Wildman–Crippen MR) is 51.7 cm³/mol. The van der Waals surface area contributed by atoms with Crippen LogP contribution in [0.2, 0.25) is 0 Å². The van der Waals surface area contributed by atoms with Crippen molar-refractivity contribution in [2.75, 3.05) is 13.3 Å². The third-order valence-corrected chi connectivity index (χ3v) is 1.90. The molecule has 5 nitrogen and oxygen atoms in total. The number of hydrogen-bond acceptors (Lipinski definition) is 4. The molecule has 0 amide bonds. The molecule has 0 aliphatic heterocycles. The molecule has 0 saturated heterocycles. The zero-order valence-corrected chi connectivity index (χ0v) is 9.15. The molecular formula is C9H12F3N3O2. The van der Waals surface area contributed by atoms with Gasteiger partial charge in [0.1, 0.15) is 6.67 Å². The summed E-state index contributed by atoms with van der Waals surface area (Å²) in [5, 5.41) is 7.14. The number of nitrogens with zero attached hydrogens (tertiary/aromatic N) is 3. The van der Waals surface area contributed by atoms with Crippen molar-refractivity contribution < 1.29 is 22.7 Å². The maximum Gasteiger partial charge on any atom is 0.360 e. The fourth-order valence-corrected chi connectivity index (χ4v) is 1.05. The van der Waals surface area contributed by atoms with Gasteiger partial charge in [-0.25, -0.2) is 18.0 Å². The van der Waals surface area contributed by atoms with Gasteiger partial charge in [0.25, 0.3) is 0 Å². The minimum Gasteiger partial charge on any atom is -0.461 e. The Morgan fingerprint density at radius 3 is 2.82 bits per heavy atom. The Bertz CT molecular complexity index is 372. The Morgan fingerprint density at radius 1 is 1.53 bits per heavy atom. The lowest BCUT2D eigenvalue weighted by atomic mass is 10.3. The van der Waals surface area contributed by atoms with Crippen LogP contribution in [0.4, 0.5) is 13.2 Å². The minimum atomic E-state index is -2.22. The molecule has 1 aromatic rings. The van der Waals surface area contributed by atoms with Crippen molar-refractivity contribution >= 4 is 5.97 Å². The average Bonchev–Trinajstić information content (AvgIpc) is 2.76. The molecule has 0 aromatic carbocycles. The number of carbonyl (C=O) groups is 1. The molecule has 8 heteroatoms. The van der Waals surface area contributed by atoms with Gasteiger partial charge in [0.15, 0.2) is 18.0 Å². The smallest absolute Gasteiger partial charge is 0.360 e. The molecular weight excluding hydrogens is 239 g/mol. The summed E-state index contributed by atoms with van der Waals surface area (Å²) in [7, 11) is 0. The summed E-state index contributed by atoms with van der Waals surface area (Å²) in [4.78, 5) is 12.0. The van der Waals surface area contributed by atoms with E-state index in [1.54, 1.807) is 6.92 Å². The molecule has 0 fully saturated rings. The van der Waals surface area contributed by atoms with E-state index in [0.717, 1.165) is 11.0 Å².